The summed E-state index contributed by atoms with van der Waals surface area (Å²) in [6.07, 6.45) is 4.00. The van der Waals surface area contributed by atoms with Crippen LogP contribution in [-0.4, -0.2) is 25.4 Å². The Labute approximate surface area is 109 Å². The van der Waals surface area contributed by atoms with E-state index in [-0.39, 0.29) is 6.10 Å². The SMILES string of the molecule is CCC(C)Oc1cccc(NCC2CCCO2)c1. The molecule has 0 aromatic heterocycles. The highest BCUT2D eigenvalue weighted by atomic mass is 16.5. The average Bonchev–Trinajstić information content (AvgIpc) is 2.90. The number of nitrogens with one attached hydrogen (secondary N) is 1. The maximum absolute atomic E-state index is 5.80. The third kappa shape index (κ3) is 3.91. The summed E-state index contributed by atoms with van der Waals surface area (Å²) in [7, 11) is 0. The molecule has 0 spiro atoms. The molecule has 0 saturated carbocycles. The molecule has 3 nitrogen and oxygen atoms in total. The van der Waals surface area contributed by atoms with E-state index >= 15 is 0 Å². The molecule has 18 heavy (non-hydrogen) atoms. The van der Waals surface area contributed by atoms with Crippen molar-refractivity contribution in [3.05, 3.63) is 24.3 Å². The van der Waals surface area contributed by atoms with Crippen molar-refractivity contribution in [3.63, 3.8) is 0 Å². The topological polar surface area (TPSA) is 30.5 Å². The molecule has 1 aliphatic rings. The maximum Gasteiger partial charge on any atom is 0.121 e. The summed E-state index contributed by atoms with van der Waals surface area (Å²) in [6, 6.07) is 8.15. The molecule has 0 amide bonds. The van der Waals surface area contributed by atoms with Crippen LogP contribution in [0.3, 0.4) is 0 Å². The molecule has 2 unspecified atom stereocenters. The number of benzene rings is 1. The fourth-order valence-electron chi connectivity index (χ4n) is 2.03. The van der Waals surface area contributed by atoms with Gasteiger partial charge in [0.2, 0.25) is 0 Å². The van der Waals surface area contributed by atoms with E-state index in [1.807, 2.05) is 12.1 Å². The molecule has 0 bridgehead atoms. The van der Waals surface area contributed by atoms with Gasteiger partial charge in [0.1, 0.15) is 5.75 Å². The van der Waals surface area contributed by atoms with E-state index in [1.165, 1.54) is 6.42 Å². The van der Waals surface area contributed by atoms with Crippen LogP contribution < -0.4 is 10.1 Å². The number of hydrogen-bond donors (Lipinski definition) is 1. The molecule has 1 saturated heterocycles. The molecule has 2 atom stereocenters. The van der Waals surface area contributed by atoms with Gasteiger partial charge in [-0.15, -0.1) is 0 Å². The van der Waals surface area contributed by atoms with Crippen molar-refractivity contribution in [1.82, 2.24) is 0 Å². The fourth-order valence-corrected chi connectivity index (χ4v) is 2.03. The molecule has 2 rings (SSSR count). The van der Waals surface area contributed by atoms with Gasteiger partial charge in [-0.3, -0.25) is 0 Å². The lowest BCUT2D eigenvalue weighted by Crippen LogP contribution is -2.18. The minimum atomic E-state index is 0.262. The number of ether oxygens (including phenoxy) is 2. The molecule has 1 aromatic carbocycles. The Morgan fingerprint density at radius 1 is 1.50 bits per heavy atom. The fraction of sp³-hybridized carbons (Fsp3) is 0.600. The van der Waals surface area contributed by atoms with Gasteiger partial charge in [-0.25, -0.2) is 0 Å². The lowest BCUT2D eigenvalue weighted by atomic mass is 10.2. The minimum absolute atomic E-state index is 0.262. The molecule has 1 aromatic rings. The van der Waals surface area contributed by atoms with Gasteiger partial charge in [0, 0.05) is 24.9 Å². The first kappa shape index (κ1) is 13.2. The minimum Gasteiger partial charge on any atom is -0.491 e. The van der Waals surface area contributed by atoms with E-state index in [0.29, 0.717) is 6.10 Å². The Bertz CT molecular complexity index is 361. The highest BCUT2D eigenvalue weighted by Gasteiger charge is 2.14. The van der Waals surface area contributed by atoms with Gasteiger partial charge in [0.25, 0.3) is 0 Å². The number of rotatable bonds is 6. The van der Waals surface area contributed by atoms with Gasteiger partial charge >= 0.3 is 0 Å². The Morgan fingerprint density at radius 3 is 3.11 bits per heavy atom. The van der Waals surface area contributed by atoms with Gasteiger partial charge < -0.3 is 14.8 Å². The van der Waals surface area contributed by atoms with Crippen molar-refractivity contribution in [2.24, 2.45) is 0 Å². The van der Waals surface area contributed by atoms with Crippen molar-refractivity contribution >= 4 is 5.69 Å². The summed E-state index contributed by atoms with van der Waals surface area (Å²) in [4.78, 5) is 0. The Morgan fingerprint density at radius 2 is 2.39 bits per heavy atom. The van der Waals surface area contributed by atoms with Crippen LogP contribution in [0.15, 0.2) is 24.3 Å². The van der Waals surface area contributed by atoms with Crippen molar-refractivity contribution in [2.75, 3.05) is 18.5 Å². The summed E-state index contributed by atoms with van der Waals surface area (Å²) >= 11 is 0. The van der Waals surface area contributed by atoms with Crippen molar-refractivity contribution in [1.29, 1.82) is 0 Å². The largest absolute Gasteiger partial charge is 0.491 e. The van der Waals surface area contributed by atoms with Crippen LogP contribution in [0.25, 0.3) is 0 Å². The first-order chi connectivity index (χ1) is 8.78. The van der Waals surface area contributed by atoms with Crippen LogP contribution in [-0.2, 0) is 4.74 Å². The van der Waals surface area contributed by atoms with Crippen LogP contribution in [0.2, 0.25) is 0 Å². The summed E-state index contributed by atoms with van der Waals surface area (Å²) < 4.78 is 11.4. The lowest BCUT2D eigenvalue weighted by molar-refractivity contribution is 0.120. The summed E-state index contributed by atoms with van der Waals surface area (Å²) in [5.41, 5.74) is 1.10. The first-order valence-electron chi connectivity index (χ1n) is 6.90. The van der Waals surface area contributed by atoms with E-state index < -0.39 is 0 Å². The second-order valence-electron chi connectivity index (χ2n) is 4.88. The number of hydrogen-bond acceptors (Lipinski definition) is 3. The van der Waals surface area contributed by atoms with Gasteiger partial charge in [0.15, 0.2) is 0 Å². The highest BCUT2D eigenvalue weighted by Crippen LogP contribution is 2.20. The third-order valence-corrected chi connectivity index (χ3v) is 3.30. The molecular formula is C15H23NO2. The van der Waals surface area contributed by atoms with Gasteiger partial charge in [-0.2, -0.15) is 0 Å². The molecule has 3 heteroatoms. The van der Waals surface area contributed by atoms with Crippen molar-refractivity contribution in [3.8, 4) is 5.75 Å². The predicted octanol–water partition coefficient (Wildman–Crippen LogP) is 3.45. The van der Waals surface area contributed by atoms with Crippen molar-refractivity contribution < 1.29 is 9.47 Å². The quantitative estimate of drug-likeness (QED) is 0.837. The Balaban J connectivity index is 1.86. The van der Waals surface area contributed by atoms with Crippen LogP contribution in [0, 0.1) is 0 Å². The predicted molar refractivity (Wildman–Crippen MR) is 74.3 cm³/mol. The van der Waals surface area contributed by atoms with E-state index in [9.17, 15) is 0 Å². The smallest absolute Gasteiger partial charge is 0.121 e. The molecule has 0 aliphatic carbocycles. The standard InChI is InChI=1S/C15H23NO2/c1-3-12(2)18-14-7-4-6-13(10-14)16-11-15-8-5-9-17-15/h4,6-7,10,12,15-16H,3,5,8-9,11H2,1-2H3. The van der Waals surface area contributed by atoms with E-state index in [2.05, 4.69) is 31.3 Å². The second kappa shape index (κ2) is 6.64. The molecule has 0 radical (unpaired) electrons. The van der Waals surface area contributed by atoms with Crippen LogP contribution in [0.1, 0.15) is 33.1 Å². The monoisotopic (exact) mass is 249 g/mol. The maximum atomic E-state index is 5.80. The molecule has 1 N–H and O–H groups in total. The molecule has 1 heterocycles. The summed E-state index contributed by atoms with van der Waals surface area (Å²) in [6.45, 7) is 6.01. The second-order valence-corrected chi connectivity index (χ2v) is 4.88. The zero-order valence-electron chi connectivity index (χ0n) is 11.3. The highest BCUT2D eigenvalue weighted by molar-refractivity contribution is 5.48. The molecular weight excluding hydrogens is 226 g/mol. The zero-order chi connectivity index (χ0) is 12.8. The molecule has 1 fully saturated rings. The van der Waals surface area contributed by atoms with Gasteiger partial charge in [-0.1, -0.05) is 13.0 Å². The zero-order valence-corrected chi connectivity index (χ0v) is 11.3. The van der Waals surface area contributed by atoms with E-state index in [0.717, 1.165) is 37.4 Å². The van der Waals surface area contributed by atoms with E-state index in [4.69, 9.17) is 9.47 Å². The summed E-state index contributed by atoms with van der Waals surface area (Å²) in [5.74, 6) is 0.932. The third-order valence-electron chi connectivity index (χ3n) is 3.30. The van der Waals surface area contributed by atoms with Crippen LogP contribution in [0.5, 0.6) is 5.75 Å². The average molecular weight is 249 g/mol. The first-order valence-corrected chi connectivity index (χ1v) is 6.90. The number of anilines is 1. The van der Waals surface area contributed by atoms with Crippen LogP contribution >= 0.6 is 0 Å². The van der Waals surface area contributed by atoms with Crippen LogP contribution in [0.4, 0.5) is 5.69 Å². The van der Waals surface area contributed by atoms with Gasteiger partial charge in [0.05, 0.1) is 12.2 Å². The van der Waals surface area contributed by atoms with Crippen molar-refractivity contribution in [2.45, 2.75) is 45.3 Å². The van der Waals surface area contributed by atoms with Gasteiger partial charge in [-0.05, 0) is 38.3 Å². The summed E-state index contributed by atoms with van der Waals surface area (Å²) in [5, 5.41) is 3.41. The molecule has 1 aliphatic heterocycles. The normalized spacial score (nSPS) is 20.7. The molecule has 100 valence electrons. The van der Waals surface area contributed by atoms with E-state index in [1.54, 1.807) is 0 Å². The Kier molecular flexibility index (Phi) is 4.88. The Hall–Kier alpha value is -1.22. The lowest BCUT2D eigenvalue weighted by Gasteiger charge is -2.15.